The van der Waals surface area contributed by atoms with Crippen LogP contribution in [0.25, 0.3) is 0 Å². The van der Waals surface area contributed by atoms with Crippen molar-refractivity contribution in [2.45, 2.75) is 52.7 Å². The number of ether oxygens (including phenoxy) is 2. The third-order valence-electron chi connectivity index (χ3n) is 4.25. The number of carbonyl (C=O) groups excluding carboxylic acids is 2. The van der Waals surface area contributed by atoms with Gasteiger partial charge in [-0.15, -0.1) is 0 Å². The number of halogens is 1. The summed E-state index contributed by atoms with van der Waals surface area (Å²) in [5.41, 5.74) is 2.32. The molecule has 1 aliphatic heterocycles. The molecule has 1 unspecified atom stereocenters. The summed E-state index contributed by atoms with van der Waals surface area (Å²) in [6.45, 7) is 6.06. The highest BCUT2D eigenvalue weighted by atomic mass is 19.1. The van der Waals surface area contributed by atoms with Crippen molar-refractivity contribution in [1.82, 2.24) is 4.90 Å². The zero-order valence-corrected chi connectivity index (χ0v) is 14.4. The predicted octanol–water partition coefficient (Wildman–Crippen LogP) is 3.50. The van der Waals surface area contributed by atoms with E-state index in [4.69, 9.17) is 9.47 Å². The smallest absolute Gasteiger partial charge is 0.435 e. The molecule has 1 aliphatic rings. The van der Waals surface area contributed by atoms with Crippen LogP contribution in [0.2, 0.25) is 0 Å². The Morgan fingerprint density at radius 1 is 1.25 bits per heavy atom. The van der Waals surface area contributed by atoms with Crippen molar-refractivity contribution < 1.29 is 23.5 Å². The van der Waals surface area contributed by atoms with Crippen LogP contribution in [0.15, 0.2) is 12.1 Å². The van der Waals surface area contributed by atoms with Crippen LogP contribution in [-0.2, 0) is 20.7 Å². The molecule has 0 radical (unpaired) electrons. The third-order valence-corrected chi connectivity index (χ3v) is 4.25. The minimum atomic E-state index is -0.753. The number of amides is 1. The summed E-state index contributed by atoms with van der Waals surface area (Å²) < 4.78 is 23.5. The van der Waals surface area contributed by atoms with E-state index in [1.54, 1.807) is 25.7 Å². The molecule has 0 aliphatic carbocycles. The molecule has 0 N–H and O–H groups in total. The van der Waals surface area contributed by atoms with Crippen LogP contribution in [-0.4, -0.2) is 36.3 Å². The molecule has 1 saturated heterocycles. The van der Waals surface area contributed by atoms with Gasteiger partial charge in [0.2, 0.25) is 5.91 Å². The Hall–Kier alpha value is -2.11. The molecular formula is C18H24FNO4. The Balaban J connectivity index is 2.10. The van der Waals surface area contributed by atoms with Crippen molar-refractivity contribution in [3.63, 3.8) is 0 Å². The van der Waals surface area contributed by atoms with Crippen LogP contribution in [0.4, 0.5) is 9.18 Å². The first-order valence-corrected chi connectivity index (χ1v) is 8.31. The lowest BCUT2D eigenvalue weighted by molar-refractivity contribution is -0.145. The van der Waals surface area contributed by atoms with Gasteiger partial charge in [-0.05, 0) is 62.4 Å². The van der Waals surface area contributed by atoms with Gasteiger partial charge >= 0.3 is 6.16 Å². The Morgan fingerprint density at radius 3 is 2.54 bits per heavy atom. The van der Waals surface area contributed by atoms with Crippen molar-refractivity contribution in [3.8, 4) is 0 Å². The molecule has 132 valence electrons. The Bertz CT molecular complexity index is 594. The maximum atomic E-state index is 13.4. The van der Waals surface area contributed by atoms with E-state index in [0.717, 1.165) is 29.5 Å². The molecule has 1 aromatic carbocycles. The lowest BCUT2D eigenvalue weighted by Crippen LogP contribution is -2.46. The highest BCUT2D eigenvalue weighted by molar-refractivity contribution is 5.80. The second-order valence-electron chi connectivity index (χ2n) is 6.03. The first-order chi connectivity index (χ1) is 11.4. The first kappa shape index (κ1) is 18.2. The Kier molecular flexibility index (Phi) is 6.17. The first-order valence-electron chi connectivity index (χ1n) is 8.31. The standard InChI is InChI=1S/C18H24FNO4/c1-4-23-18(22)24-17-7-5-6-8-20(17)16(21)11-15-12(2)9-14(19)10-13(15)3/h9-10,17H,4-8,11H2,1-3H3. The highest BCUT2D eigenvalue weighted by Crippen LogP contribution is 2.22. The summed E-state index contributed by atoms with van der Waals surface area (Å²) >= 11 is 0. The number of hydrogen-bond donors (Lipinski definition) is 0. The van der Waals surface area contributed by atoms with E-state index < -0.39 is 12.4 Å². The third kappa shape index (κ3) is 4.46. The van der Waals surface area contributed by atoms with Gasteiger partial charge in [-0.3, -0.25) is 4.79 Å². The summed E-state index contributed by atoms with van der Waals surface area (Å²) in [7, 11) is 0. The van der Waals surface area contributed by atoms with Gasteiger partial charge in [0, 0.05) is 13.0 Å². The number of nitrogens with zero attached hydrogens (tertiary/aromatic N) is 1. The summed E-state index contributed by atoms with van der Waals surface area (Å²) in [6.07, 6.45) is 1.19. The highest BCUT2D eigenvalue weighted by Gasteiger charge is 2.30. The van der Waals surface area contributed by atoms with Crippen LogP contribution in [0, 0.1) is 19.7 Å². The summed E-state index contributed by atoms with van der Waals surface area (Å²) in [5, 5.41) is 0. The molecule has 0 bridgehead atoms. The van der Waals surface area contributed by atoms with Gasteiger partial charge in [0.25, 0.3) is 0 Å². The van der Waals surface area contributed by atoms with Gasteiger partial charge in [-0.1, -0.05) is 0 Å². The molecule has 5 nitrogen and oxygen atoms in total. The quantitative estimate of drug-likeness (QED) is 0.789. The average molecular weight is 337 g/mol. The fourth-order valence-electron chi connectivity index (χ4n) is 3.04. The lowest BCUT2D eigenvalue weighted by atomic mass is 9.98. The SMILES string of the molecule is CCOC(=O)OC1CCCCN1C(=O)Cc1c(C)cc(F)cc1C. The zero-order chi connectivity index (χ0) is 17.7. The van der Waals surface area contributed by atoms with E-state index in [2.05, 4.69) is 0 Å². The topological polar surface area (TPSA) is 55.8 Å². The van der Waals surface area contributed by atoms with Crippen molar-refractivity contribution in [2.24, 2.45) is 0 Å². The van der Waals surface area contributed by atoms with E-state index in [0.29, 0.717) is 13.0 Å². The molecule has 1 aromatic rings. The molecule has 1 atom stereocenters. The number of aryl methyl sites for hydroxylation is 2. The molecule has 24 heavy (non-hydrogen) atoms. The average Bonchev–Trinajstić information content (AvgIpc) is 2.51. The second-order valence-corrected chi connectivity index (χ2v) is 6.03. The van der Waals surface area contributed by atoms with Crippen LogP contribution in [0.5, 0.6) is 0 Å². The Morgan fingerprint density at radius 2 is 1.92 bits per heavy atom. The van der Waals surface area contributed by atoms with Crippen molar-refractivity contribution in [2.75, 3.05) is 13.2 Å². The molecule has 0 aromatic heterocycles. The second kappa shape index (κ2) is 8.13. The number of hydrogen-bond acceptors (Lipinski definition) is 4. The van der Waals surface area contributed by atoms with Gasteiger partial charge in [0.1, 0.15) is 5.82 Å². The minimum absolute atomic E-state index is 0.123. The van der Waals surface area contributed by atoms with Crippen LogP contribution in [0.1, 0.15) is 42.9 Å². The molecule has 2 rings (SSSR count). The van der Waals surface area contributed by atoms with Gasteiger partial charge < -0.3 is 14.4 Å². The zero-order valence-electron chi connectivity index (χ0n) is 14.4. The maximum absolute atomic E-state index is 13.4. The van der Waals surface area contributed by atoms with Crippen LogP contribution >= 0.6 is 0 Å². The summed E-state index contributed by atoms with van der Waals surface area (Å²) in [6, 6.07) is 2.86. The molecule has 1 heterocycles. The fraction of sp³-hybridized carbons (Fsp3) is 0.556. The minimum Gasteiger partial charge on any atom is -0.435 e. The summed E-state index contributed by atoms with van der Waals surface area (Å²) in [5.74, 6) is -0.426. The van der Waals surface area contributed by atoms with Crippen molar-refractivity contribution in [3.05, 3.63) is 34.6 Å². The molecular weight excluding hydrogens is 313 g/mol. The molecule has 1 fully saturated rings. The molecule has 0 spiro atoms. The van der Waals surface area contributed by atoms with Gasteiger partial charge in [-0.25, -0.2) is 9.18 Å². The molecule has 0 saturated carbocycles. The van der Waals surface area contributed by atoms with E-state index in [1.807, 2.05) is 0 Å². The Labute approximate surface area is 141 Å². The number of piperidine rings is 1. The molecule has 6 heteroatoms. The maximum Gasteiger partial charge on any atom is 0.510 e. The molecule has 1 amide bonds. The van der Waals surface area contributed by atoms with Crippen LogP contribution < -0.4 is 0 Å². The largest absolute Gasteiger partial charge is 0.510 e. The monoisotopic (exact) mass is 337 g/mol. The normalized spacial score (nSPS) is 17.5. The summed E-state index contributed by atoms with van der Waals surface area (Å²) in [4.78, 5) is 25.9. The van der Waals surface area contributed by atoms with Gasteiger partial charge in [0.15, 0.2) is 6.23 Å². The lowest BCUT2D eigenvalue weighted by Gasteiger charge is -2.34. The van der Waals surface area contributed by atoms with Crippen molar-refractivity contribution in [1.29, 1.82) is 0 Å². The number of benzene rings is 1. The van der Waals surface area contributed by atoms with E-state index in [1.165, 1.54) is 12.1 Å². The van der Waals surface area contributed by atoms with Gasteiger partial charge in [-0.2, -0.15) is 0 Å². The fourth-order valence-corrected chi connectivity index (χ4v) is 3.04. The predicted molar refractivity (Wildman–Crippen MR) is 87.0 cm³/mol. The van der Waals surface area contributed by atoms with E-state index >= 15 is 0 Å². The van der Waals surface area contributed by atoms with Crippen molar-refractivity contribution >= 4 is 12.1 Å². The van der Waals surface area contributed by atoms with Gasteiger partial charge in [0.05, 0.1) is 13.0 Å². The van der Waals surface area contributed by atoms with Crippen LogP contribution in [0.3, 0.4) is 0 Å². The number of carbonyl (C=O) groups is 2. The van der Waals surface area contributed by atoms with E-state index in [9.17, 15) is 14.0 Å². The number of likely N-dealkylation sites (tertiary alicyclic amines) is 1. The number of rotatable bonds is 4. The van der Waals surface area contributed by atoms with E-state index in [-0.39, 0.29) is 24.8 Å².